The summed E-state index contributed by atoms with van der Waals surface area (Å²) in [5.74, 6) is 1.84. The lowest BCUT2D eigenvalue weighted by Crippen LogP contribution is -2.26. The monoisotopic (exact) mass is 471 g/mol. The third-order valence-electron chi connectivity index (χ3n) is 6.63. The van der Waals surface area contributed by atoms with E-state index >= 15 is 0 Å². The van der Waals surface area contributed by atoms with Gasteiger partial charge in [-0.3, -0.25) is 9.36 Å². The van der Waals surface area contributed by atoms with E-state index in [0.717, 1.165) is 51.5 Å². The first kappa shape index (κ1) is 21.0. The molecule has 1 fully saturated rings. The second kappa shape index (κ2) is 8.02. The molecule has 1 aromatic carbocycles. The quantitative estimate of drug-likeness (QED) is 0.398. The molecule has 0 unspecified atom stereocenters. The predicted molar refractivity (Wildman–Crippen MR) is 135 cm³/mol. The Bertz CT molecular complexity index is 1610. The average Bonchev–Trinajstić information content (AvgIpc) is 3.48. The Labute approximate surface area is 200 Å². The topological polar surface area (TPSA) is 105 Å². The van der Waals surface area contributed by atoms with E-state index in [4.69, 9.17) is 15.8 Å². The Morgan fingerprint density at radius 1 is 1.12 bits per heavy atom. The van der Waals surface area contributed by atoms with Crippen LogP contribution in [-0.4, -0.2) is 29.3 Å². The first-order valence-electron chi connectivity index (χ1n) is 11.5. The molecule has 1 aliphatic rings. The summed E-state index contributed by atoms with van der Waals surface area (Å²) in [5.41, 5.74) is 10.5. The zero-order valence-corrected chi connectivity index (χ0v) is 20.0. The van der Waals surface area contributed by atoms with Crippen molar-refractivity contribution in [2.45, 2.75) is 46.1 Å². The summed E-state index contributed by atoms with van der Waals surface area (Å²) in [6, 6.07) is 7.87. The van der Waals surface area contributed by atoms with Crippen molar-refractivity contribution in [3.8, 4) is 5.69 Å². The van der Waals surface area contributed by atoms with Gasteiger partial charge >= 0.3 is 0 Å². The summed E-state index contributed by atoms with van der Waals surface area (Å²) in [6.45, 7) is 4.26. The first-order valence-corrected chi connectivity index (χ1v) is 12.4. The Morgan fingerprint density at radius 2 is 1.94 bits per heavy atom. The van der Waals surface area contributed by atoms with Crippen molar-refractivity contribution < 1.29 is 0 Å². The van der Waals surface area contributed by atoms with Gasteiger partial charge in [0.25, 0.3) is 5.56 Å². The second-order valence-corrected chi connectivity index (χ2v) is 9.96. The van der Waals surface area contributed by atoms with Crippen molar-refractivity contribution in [2.24, 2.45) is 5.92 Å². The van der Waals surface area contributed by atoms with E-state index in [1.54, 1.807) is 4.57 Å². The minimum absolute atomic E-state index is 0.0624. The standard InChI is InChI=1S/C25H25N7OS/c1-14-5-3-4-6-18(14)32-19(29-24-20(25(32)33)15(2)12-34-24)11-31-23-21(22(26)27-13-28-23)17(30-31)10-9-16-7-8-16/h3-6,12-13,16H,7-11H2,1-2H3,(H2,26,27,28). The Hall–Kier alpha value is -3.59. The van der Waals surface area contributed by atoms with Gasteiger partial charge in [-0.05, 0) is 55.2 Å². The number of rotatable bonds is 6. The maximum atomic E-state index is 13.7. The highest BCUT2D eigenvalue weighted by Crippen LogP contribution is 2.34. The molecule has 1 saturated carbocycles. The predicted octanol–water partition coefficient (Wildman–Crippen LogP) is 4.18. The number of nitrogens with two attached hydrogens (primary N) is 1. The summed E-state index contributed by atoms with van der Waals surface area (Å²) in [5, 5.41) is 8.36. The molecule has 9 heteroatoms. The van der Waals surface area contributed by atoms with Gasteiger partial charge < -0.3 is 5.73 Å². The number of para-hydroxylation sites is 1. The van der Waals surface area contributed by atoms with Crippen LogP contribution in [0.25, 0.3) is 26.9 Å². The molecular formula is C25H25N7OS. The molecule has 2 N–H and O–H groups in total. The van der Waals surface area contributed by atoms with E-state index in [-0.39, 0.29) is 5.56 Å². The van der Waals surface area contributed by atoms with Gasteiger partial charge in [0.05, 0.1) is 22.2 Å². The van der Waals surface area contributed by atoms with Crippen molar-refractivity contribution in [1.29, 1.82) is 0 Å². The zero-order valence-electron chi connectivity index (χ0n) is 19.2. The van der Waals surface area contributed by atoms with E-state index in [2.05, 4.69) is 9.97 Å². The van der Waals surface area contributed by atoms with Gasteiger partial charge in [-0.2, -0.15) is 5.10 Å². The molecule has 34 heavy (non-hydrogen) atoms. The maximum Gasteiger partial charge on any atom is 0.267 e. The minimum Gasteiger partial charge on any atom is -0.383 e. The van der Waals surface area contributed by atoms with Crippen molar-refractivity contribution in [3.05, 3.63) is 69.0 Å². The van der Waals surface area contributed by atoms with Crippen LogP contribution < -0.4 is 11.3 Å². The fraction of sp³-hybridized carbons (Fsp3) is 0.320. The summed E-state index contributed by atoms with van der Waals surface area (Å²) < 4.78 is 3.54. The van der Waals surface area contributed by atoms with E-state index < -0.39 is 0 Å². The molecule has 6 rings (SSSR count). The molecule has 0 aliphatic heterocycles. The number of thiophene rings is 1. The number of anilines is 1. The van der Waals surface area contributed by atoms with Gasteiger partial charge in [0.1, 0.15) is 29.3 Å². The van der Waals surface area contributed by atoms with Crippen LogP contribution in [0.1, 0.15) is 41.9 Å². The minimum atomic E-state index is -0.0624. The van der Waals surface area contributed by atoms with Crippen LogP contribution in [0, 0.1) is 19.8 Å². The molecule has 0 radical (unpaired) electrons. The SMILES string of the molecule is Cc1ccccc1-n1c(Cn2nc(CCC3CC3)c3c(N)ncnc32)nc2scc(C)c2c1=O. The molecule has 4 aromatic heterocycles. The van der Waals surface area contributed by atoms with E-state index in [1.165, 1.54) is 30.5 Å². The maximum absolute atomic E-state index is 13.7. The molecule has 1 aliphatic carbocycles. The number of benzene rings is 1. The van der Waals surface area contributed by atoms with Gasteiger partial charge in [-0.25, -0.2) is 19.6 Å². The third kappa shape index (κ3) is 3.47. The molecule has 0 spiro atoms. The van der Waals surface area contributed by atoms with Crippen molar-refractivity contribution in [1.82, 2.24) is 29.3 Å². The van der Waals surface area contributed by atoms with E-state index in [9.17, 15) is 4.79 Å². The van der Waals surface area contributed by atoms with Crippen molar-refractivity contribution in [3.63, 3.8) is 0 Å². The number of nitrogens with zero attached hydrogens (tertiary/aromatic N) is 6. The van der Waals surface area contributed by atoms with Crippen LogP contribution >= 0.6 is 11.3 Å². The zero-order chi connectivity index (χ0) is 23.4. The Morgan fingerprint density at radius 3 is 2.74 bits per heavy atom. The Balaban J connectivity index is 1.54. The molecular weight excluding hydrogens is 446 g/mol. The molecule has 0 bridgehead atoms. The molecule has 5 aromatic rings. The van der Waals surface area contributed by atoms with Crippen LogP contribution in [0.4, 0.5) is 5.82 Å². The van der Waals surface area contributed by atoms with E-state index in [1.807, 2.05) is 48.2 Å². The first-order chi connectivity index (χ1) is 16.5. The third-order valence-corrected chi connectivity index (χ3v) is 7.62. The molecule has 0 atom stereocenters. The number of hydrogen-bond donors (Lipinski definition) is 1. The van der Waals surface area contributed by atoms with Crippen LogP contribution in [0.5, 0.6) is 0 Å². The number of nitrogen functional groups attached to an aromatic ring is 1. The average molecular weight is 472 g/mol. The number of aromatic nitrogens is 6. The Kier molecular flexibility index (Phi) is 4.95. The van der Waals surface area contributed by atoms with Crippen molar-refractivity contribution in [2.75, 3.05) is 5.73 Å². The highest BCUT2D eigenvalue weighted by Gasteiger charge is 2.24. The number of hydrogen-bond acceptors (Lipinski definition) is 7. The number of aryl methyl sites for hydroxylation is 3. The van der Waals surface area contributed by atoms with Crippen LogP contribution in [-0.2, 0) is 13.0 Å². The molecule has 0 amide bonds. The fourth-order valence-corrected chi connectivity index (χ4v) is 5.54. The van der Waals surface area contributed by atoms with Gasteiger partial charge in [0.2, 0.25) is 0 Å². The highest BCUT2D eigenvalue weighted by molar-refractivity contribution is 7.16. The summed E-state index contributed by atoms with van der Waals surface area (Å²) in [4.78, 5) is 28.1. The van der Waals surface area contributed by atoms with E-state index in [0.29, 0.717) is 29.2 Å². The summed E-state index contributed by atoms with van der Waals surface area (Å²) >= 11 is 1.49. The molecule has 4 heterocycles. The number of fused-ring (bicyclic) bond motifs is 2. The smallest absolute Gasteiger partial charge is 0.267 e. The molecule has 172 valence electrons. The van der Waals surface area contributed by atoms with Crippen LogP contribution in [0.2, 0.25) is 0 Å². The van der Waals surface area contributed by atoms with Gasteiger partial charge in [0.15, 0.2) is 5.65 Å². The normalized spacial score (nSPS) is 13.8. The highest BCUT2D eigenvalue weighted by atomic mass is 32.1. The van der Waals surface area contributed by atoms with Gasteiger partial charge in [-0.15, -0.1) is 11.3 Å². The largest absolute Gasteiger partial charge is 0.383 e. The van der Waals surface area contributed by atoms with Crippen LogP contribution in [0.15, 0.2) is 40.8 Å². The fourth-order valence-electron chi connectivity index (χ4n) is 4.61. The molecule has 8 nitrogen and oxygen atoms in total. The lowest BCUT2D eigenvalue weighted by Gasteiger charge is -2.15. The second-order valence-electron chi connectivity index (χ2n) is 9.10. The van der Waals surface area contributed by atoms with Crippen LogP contribution in [0.3, 0.4) is 0 Å². The summed E-state index contributed by atoms with van der Waals surface area (Å²) in [6.07, 6.45) is 5.98. The summed E-state index contributed by atoms with van der Waals surface area (Å²) in [7, 11) is 0. The molecule has 0 saturated heterocycles. The van der Waals surface area contributed by atoms with Gasteiger partial charge in [-0.1, -0.05) is 31.0 Å². The van der Waals surface area contributed by atoms with Crippen molar-refractivity contribution >= 4 is 38.4 Å². The lowest BCUT2D eigenvalue weighted by atomic mass is 10.1. The lowest BCUT2D eigenvalue weighted by molar-refractivity contribution is 0.627. The van der Waals surface area contributed by atoms with Gasteiger partial charge in [0, 0.05) is 0 Å².